The van der Waals surface area contributed by atoms with E-state index in [1.54, 1.807) is 17.9 Å². The van der Waals surface area contributed by atoms with Crippen molar-refractivity contribution >= 4 is 17.6 Å². The van der Waals surface area contributed by atoms with E-state index >= 15 is 0 Å². The summed E-state index contributed by atoms with van der Waals surface area (Å²) in [5.41, 5.74) is 0.0557. The van der Waals surface area contributed by atoms with E-state index in [9.17, 15) is 14.4 Å². The van der Waals surface area contributed by atoms with Gasteiger partial charge in [-0.1, -0.05) is 18.5 Å². The predicted octanol–water partition coefficient (Wildman–Crippen LogP) is 1.83. The average molecular weight is 387 g/mol. The average Bonchev–Trinajstić information content (AvgIpc) is 3.11. The van der Waals surface area contributed by atoms with Crippen LogP contribution in [0, 0.1) is 12.8 Å². The number of hydrogen-bond acceptors (Lipinski definition) is 6. The molecule has 3 rings (SSSR count). The number of carbonyl (C=O) groups is 2. The van der Waals surface area contributed by atoms with Gasteiger partial charge in [0.15, 0.2) is 5.82 Å². The molecule has 0 bridgehead atoms. The summed E-state index contributed by atoms with van der Waals surface area (Å²) in [5.74, 6) is 0.512. The fourth-order valence-corrected chi connectivity index (χ4v) is 3.19. The highest BCUT2D eigenvalue weighted by molar-refractivity contribution is 5.93. The minimum Gasteiger partial charge on any atom is -0.360 e. The van der Waals surface area contributed by atoms with Crippen molar-refractivity contribution in [2.24, 2.45) is 5.92 Å². The van der Waals surface area contributed by atoms with Crippen molar-refractivity contribution in [3.63, 3.8) is 0 Å². The summed E-state index contributed by atoms with van der Waals surface area (Å²) >= 11 is 0. The Labute approximate surface area is 162 Å². The second-order valence-electron chi connectivity index (χ2n) is 7.01. The van der Waals surface area contributed by atoms with E-state index in [4.69, 9.17) is 4.52 Å². The Morgan fingerprint density at radius 2 is 2.04 bits per heavy atom. The zero-order chi connectivity index (χ0) is 20.1. The first kappa shape index (κ1) is 19.8. The molecule has 1 N–H and O–H groups in total. The van der Waals surface area contributed by atoms with Crippen LogP contribution >= 0.6 is 0 Å². The molecule has 0 aromatic carbocycles. The smallest absolute Gasteiger partial charge is 0.274 e. The van der Waals surface area contributed by atoms with Crippen molar-refractivity contribution in [2.75, 3.05) is 18.4 Å². The highest BCUT2D eigenvalue weighted by Gasteiger charge is 2.29. The van der Waals surface area contributed by atoms with Gasteiger partial charge >= 0.3 is 0 Å². The van der Waals surface area contributed by atoms with Gasteiger partial charge in [-0.15, -0.1) is 0 Å². The molecule has 9 heteroatoms. The number of unbranched alkanes of at least 4 members (excludes halogenated alkanes) is 1. The Morgan fingerprint density at radius 1 is 1.29 bits per heavy atom. The third-order valence-electron chi connectivity index (χ3n) is 4.84. The van der Waals surface area contributed by atoms with Gasteiger partial charge < -0.3 is 14.7 Å². The van der Waals surface area contributed by atoms with Crippen LogP contribution < -0.4 is 10.9 Å². The molecule has 1 aliphatic rings. The lowest BCUT2D eigenvalue weighted by atomic mass is 9.95. The Hall–Kier alpha value is -2.97. The lowest BCUT2D eigenvalue weighted by molar-refractivity contribution is -0.121. The number of nitrogens with one attached hydrogen (secondary N) is 1. The van der Waals surface area contributed by atoms with Crippen LogP contribution in [0.1, 0.15) is 48.9 Å². The number of rotatable bonds is 6. The predicted molar refractivity (Wildman–Crippen MR) is 102 cm³/mol. The lowest BCUT2D eigenvalue weighted by Gasteiger charge is -2.31. The maximum atomic E-state index is 12.7. The van der Waals surface area contributed by atoms with Crippen LogP contribution in [0.15, 0.2) is 27.5 Å². The first-order chi connectivity index (χ1) is 13.5. The van der Waals surface area contributed by atoms with Gasteiger partial charge in [-0.3, -0.25) is 14.4 Å². The Bertz CT molecular complexity index is 896. The van der Waals surface area contributed by atoms with E-state index in [-0.39, 0.29) is 29.0 Å². The van der Waals surface area contributed by atoms with E-state index in [0.29, 0.717) is 44.1 Å². The van der Waals surface area contributed by atoms with Gasteiger partial charge in [0.05, 0.1) is 0 Å². The van der Waals surface area contributed by atoms with Crippen LogP contribution in [0.25, 0.3) is 0 Å². The summed E-state index contributed by atoms with van der Waals surface area (Å²) < 4.78 is 6.29. The van der Waals surface area contributed by atoms with Gasteiger partial charge in [-0.25, -0.2) is 4.68 Å². The van der Waals surface area contributed by atoms with Crippen LogP contribution in [-0.4, -0.2) is 44.7 Å². The van der Waals surface area contributed by atoms with E-state index in [1.807, 2.05) is 6.92 Å². The summed E-state index contributed by atoms with van der Waals surface area (Å²) in [4.78, 5) is 38.6. The molecular weight excluding hydrogens is 362 g/mol. The van der Waals surface area contributed by atoms with Crippen LogP contribution in [-0.2, 0) is 11.3 Å². The van der Waals surface area contributed by atoms with Crippen LogP contribution in [0.2, 0.25) is 0 Å². The first-order valence-corrected chi connectivity index (χ1v) is 9.59. The number of nitrogens with zero attached hydrogens (tertiary/aromatic N) is 4. The van der Waals surface area contributed by atoms with Gasteiger partial charge in [0.1, 0.15) is 11.5 Å². The molecule has 9 nitrogen and oxygen atoms in total. The lowest BCUT2D eigenvalue weighted by Crippen LogP contribution is -2.42. The van der Waals surface area contributed by atoms with Gasteiger partial charge in [-0.2, -0.15) is 5.10 Å². The number of aryl methyl sites for hydroxylation is 2. The molecule has 28 heavy (non-hydrogen) atoms. The maximum Gasteiger partial charge on any atom is 0.274 e. The van der Waals surface area contributed by atoms with Crippen molar-refractivity contribution in [1.29, 1.82) is 0 Å². The second kappa shape index (κ2) is 8.81. The minimum absolute atomic E-state index is 0.119. The molecular formula is C19H25N5O4. The molecule has 1 saturated heterocycles. The van der Waals surface area contributed by atoms with E-state index < -0.39 is 0 Å². The molecule has 2 aromatic rings. The number of aromatic nitrogens is 3. The van der Waals surface area contributed by atoms with Gasteiger partial charge in [-0.05, 0) is 32.3 Å². The largest absolute Gasteiger partial charge is 0.360 e. The van der Waals surface area contributed by atoms with Crippen molar-refractivity contribution in [1.82, 2.24) is 19.8 Å². The summed E-state index contributed by atoms with van der Waals surface area (Å²) in [6.45, 7) is 5.21. The zero-order valence-corrected chi connectivity index (χ0v) is 16.2. The van der Waals surface area contributed by atoms with Gasteiger partial charge in [0.2, 0.25) is 5.91 Å². The first-order valence-electron chi connectivity index (χ1n) is 9.59. The number of amides is 2. The van der Waals surface area contributed by atoms with Crippen molar-refractivity contribution < 1.29 is 14.1 Å². The SMILES string of the molecule is CCCCn1nc(C(=O)N2CCC(C(=O)Nc3cc(C)on3)CC2)ccc1=O. The number of hydrogen-bond donors (Lipinski definition) is 1. The van der Waals surface area contributed by atoms with Crippen molar-refractivity contribution in [2.45, 2.75) is 46.1 Å². The van der Waals surface area contributed by atoms with Crippen LogP contribution in [0.4, 0.5) is 5.82 Å². The fraction of sp³-hybridized carbons (Fsp3) is 0.526. The second-order valence-corrected chi connectivity index (χ2v) is 7.01. The van der Waals surface area contributed by atoms with E-state index in [0.717, 1.165) is 12.8 Å². The number of anilines is 1. The molecule has 1 aliphatic heterocycles. The summed E-state index contributed by atoms with van der Waals surface area (Å²) in [6, 6.07) is 4.52. The third kappa shape index (κ3) is 4.65. The summed E-state index contributed by atoms with van der Waals surface area (Å²) in [7, 11) is 0. The minimum atomic E-state index is -0.212. The summed E-state index contributed by atoms with van der Waals surface area (Å²) in [6.07, 6.45) is 2.89. The molecule has 0 aliphatic carbocycles. The molecule has 150 valence electrons. The zero-order valence-electron chi connectivity index (χ0n) is 16.2. The third-order valence-corrected chi connectivity index (χ3v) is 4.84. The van der Waals surface area contributed by atoms with Gasteiger partial charge in [0, 0.05) is 37.7 Å². The summed E-state index contributed by atoms with van der Waals surface area (Å²) in [5, 5.41) is 10.7. The molecule has 0 saturated carbocycles. The molecule has 2 amide bonds. The van der Waals surface area contributed by atoms with Gasteiger partial charge in [0.25, 0.3) is 11.5 Å². The Morgan fingerprint density at radius 3 is 2.68 bits per heavy atom. The maximum absolute atomic E-state index is 12.7. The number of likely N-dealkylation sites (tertiary alicyclic amines) is 1. The molecule has 2 aromatic heterocycles. The molecule has 0 radical (unpaired) electrons. The topological polar surface area (TPSA) is 110 Å². The molecule has 0 atom stereocenters. The standard InChI is InChI=1S/C19H25N5O4/c1-3-4-9-24-17(25)6-5-15(21-24)19(27)23-10-7-14(8-11-23)18(26)20-16-12-13(2)28-22-16/h5-6,12,14H,3-4,7-11H2,1-2H3,(H,20,22,26). The van der Waals surface area contributed by atoms with Crippen molar-refractivity contribution in [3.8, 4) is 0 Å². The van der Waals surface area contributed by atoms with Crippen molar-refractivity contribution in [3.05, 3.63) is 40.0 Å². The Kier molecular flexibility index (Phi) is 6.23. The number of carbonyl (C=O) groups excluding carboxylic acids is 2. The molecule has 0 spiro atoms. The molecule has 3 heterocycles. The van der Waals surface area contributed by atoms with Crippen LogP contribution in [0.3, 0.4) is 0 Å². The number of piperidine rings is 1. The van der Waals surface area contributed by atoms with E-state index in [1.165, 1.54) is 16.8 Å². The highest BCUT2D eigenvalue weighted by Crippen LogP contribution is 2.20. The fourth-order valence-electron chi connectivity index (χ4n) is 3.19. The normalized spacial score (nSPS) is 14.9. The van der Waals surface area contributed by atoms with Crippen LogP contribution in [0.5, 0.6) is 0 Å². The monoisotopic (exact) mass is 387 g/mol. The highest BCUT2D eigenvalue weighted by atomic mass is 16.5. The molecule has 1 fully saturated rings. The quantitative estimate of drug-likeness (QED) is 0.810. The Balaban J connectivity index is 1.57. The molecule has 0 unspecified atom stereocenters. The van der Waals surface area contributed by atoms with E-state index in [2.05, 4.69) is 15.6 Å².